The molecule has 0 spiro atoms. The summed E-state index contributed by atoms with van der Waals surface area (Å²) in [6.07, 6.45) is 5.11. The minimum atomic E-state index is -0.554. The Morgan fingerprint density at radius 1 is 0.791 bits per heavy atom. The maximum absolute atomic E-state index is 12.5. The van der Waals surface area contributed by atoms with Crippen LogP contribution in [0, 0.1) is 13.8 Å². The summed E-state index contributed by atoms with van der Waals surface area (Å²) in [7, 11) is 0. The molecule has 4 rings (SSSR count). The highest BCUT2D eigenvalue weighted by atomic mass is 35.5. The molecule has 12 heteroatoms. The van der Waals surface area contributed by atoms with Crippen LogP contribution in [0.2, 0.25) is 5.02 Å². The molecule has 2 aromatic heterocycles. The Hall–Kier alpha value is -4.90. The summed E-state index contributed by atoms with van der Waals surface area (Å²) < 4.78 is 2.63. The number of nitrogens with zero attached hydrogens (tertiary/aromatic N) is 3. The monoisotopic (exact) mass is 603 g/mol. The summed E-state index contributed by atoms with van der Waals surface area (Å²) in [4.78, 5) is 80.6. The molecule has 0 bridgehead atoms. The van der Waals surface area contributed by atoms with E-state index >= 15 is 0 Å². The van der Waals surface area contributed by atoms with Gasteiger partial charge in [0, 0.05) is 73.5 Å². The Kier molecular flexibility index (Phi) is 9.99. The van der Waals surface area contributed by atoms with Gasteiger partial charge in [-0.3, -0.25) is 43.3 Å². The summed E-state index contributed by atoms with van der Waals surface area (Å²) >= 11 is 6.42. The van der Waals surface area contributed by atoms with Gasteiger partial charge >= 0.3 is 11.4 Å². The Balaban J connectivity index is 1.28. The first-order valence-electron chi connectivity index (χ1n) is 13.5. The van der Waals surface area contributed by atoms with Crippen molar-refractivity contribution in [3.8, 4) is 0 Å². The average molecular weight is 604 g/mol. The molecule has 0 saturated carbocycles. The first kappa shape index (κ1) is 31.0. The zero-order valence-electron chi connectivity index (χ0n) is 23.7. The van der Waals surface area contributed by atoms with Gasteiger partial charge in [0.25, 0.3) is 11.1 Å². The lowest BCUT2D eigenvalue weighted by Gasteiger charge is -2.07. The first-order chi connectivity index (χ1) is 20.5. The number of aromatic amines is 2. The van der Waals surface area contributed by atoms with Crippen molar-refractivity contribution >= 4 is 35.1 Å². The predicted octanol–water partition coefficient (Wildman–Crippen LogP) is 2.81. The lowest BCUT2D eigenvalue weighted by Crippen LogP contribution is -2.31. The molecule has 0 amide bonds. The van der Waals surface area contributed by atoms with Crippen LogP contribution in [-0.4, -0.2) is 36.9 Å². The third-order valence-electron chi connectivity index (χ3n) is 6.81. The lowest BCUT2D eigenvalue weighted by atomic mass is 10.0. The van der Waals surface area contributed by atoms with Gasteiger partial charge < -0.3 is 0 Å². The van der Waals surface area contributed by atoms with E-state index in [0.717, 1.165) is 11.1 Å². The highest BCUT2D eigenvalue weighted by Crippen LogP contribution is 2.20. The van der Waals surface area contributed by atoms with Crippen molar-refractivity contribution in [2.75, 3.05) is 0 Å². The number of H-pyrrole nitrogens is 2. The number of rotatable bonds is 12. The molecule has 0 atom stereocenters. The highest BCUT2D eigenvalue weighted by Gasteiger charge is 2.10. The minimum absolute atomic E-state index is 0.0411. The number of hydrogen-bond acceptors (Lipinski definition) is 7. The summed E-state index contributed by atoms with van der Waals surface area (Å²) in [5, 5.41) is 0.419. The molecule has 4 aromatic rings. The van der Waals surface area contributed by atoms with Gasteiger partial charge in [0.2, 0.25) is 0 Å². The standard InChI is InChI=1S/C31H30ClN5O6/c1-19-17-36(30(42)34-28(19)40)11-9-25(38)13-21-4-7-24(8-5-21)33-16-22-3-6-23(27(32)14-22)15-26(39)10-12-37-18-20(2)29(41)35-31(37)43/h3-8,14,16-18H,9-13,15H2,1-2H3,(H,34,40,42)(H,35,41,43). The van der Waals surface area contributed by atoms with E-state index in [9.17, 15) is 28.8 Å². The van der Waals surface area contributed by atoms with Gasteiger partial charge in [-0.25, -0.2) is 9.59 Å². The van der Waals surface area contributed by atoms with Crippen LogP contribution in [0.15, 0.2) is 79.0 Å². The third kappa shape index (κ3) is 8.55. The molecular weight excluding hydrogens is 574 g/mol. The van der Waals surface area contributed by atoms with Crippen molar-refractivity contribution in [2.45, 2.75) is 52.6 Å². The number of aliphatic imine (C=N–C) groups is 1. The summed E-state index contributed by atoms with van der Waals surface area (Å²) in [6.45, 7) is 3.53. The van der Waals surface area contributed by atoms with Gasteiger partial charge in [-0.1, -0.05) is 35.9 Å². The smallest absolute Gasteiger partial charge is 0.300 e. The Labute approximate surface area is 250 Å². The number of carbonyl (C=O) groups is 2. The van der Waals surface area contributed by atoms with Gasteiger partial charge in [0.1, 0.15) is 11.6 Å². The number of halogens is 1. The molecule has 0 aliphatic carbocycles. The highest BCUT2D eigenvalue weighted by molar-refractivity contribution is 6.31. The van der Waals surface area contributed by atoms with Gasteiger partial charge in [0.15, 0.2) is 0 Å². The molecule has 43 heavy (non-hydrogen) atoms. The van der Waals surface area contributed by atoms with Crippen LogP contribution < -0.4 is 22.5 Å². The van der Waals surface area contributed by atoms with Crippen molar-refractivity contribution < 1.29 is 9.59 Å². The number of aryl methyl sites for hydroxylation is 4. The van der Waals surface area contributed by atoms with Crippen molar-refractivity contribution in [1.29, 1.82) is 0 Å². The number of ketones is 2. The maximum atomic E-state index is 12.5. The molecule has 0 aliphatic heterocycles. The average Bonchev–Trinajstić information content (AvgIpc) is 2.96. The van der Waals surface area contributed by atoms with E-state index < -0.39 is 22.5 Å². The maximum Gasteiger partial charge on any atom is 0.328 e. The second kappa shape index (κ2) is 13.8. The molecule has 0 fully saturated rings. The lowest BCUT2D eigenvalue weighted by molar-refractivity contribution is -0.119. The van der Waals surface area contributed by atoms with Crippen molar-refractivity contribution in [3.05, 3.63) is 129 Å². The van der Waals surface area contributed by atoms with E-state index in [1.54, 1.807) is 50.4 Å². The van der Waals surface area contributed by atoms with E-state index in [1.165, 1.54) is 21.5 Å². The number of nitrogens with one attached hydrogen (secondary N) is 2. The largest absolute Gasteiger partial charge is 0.328 e. The van der Waals surface area contributed by atoms with E-state index in [-0.39, 0.29) is 50.3 Å². The first-order valence-corrected chi connectivity index (χ1v) is 13.9. The van der Waals surface area contributed by atoms with E-state index in [2.05, 4.69) is 15.0 Å². The molecule has 2 heterocycles. The van der Waals surface area contributed by atoms with Crippen molar-refractivity contribution in [1.82, 2.24) is 19.1 Å². The Bertz CT molecular complexity index is 1930. The number of Topliss-reactive ketones (excluding diaryl/α,β-unsaturated/α-hetero) is 2. The van der Waals surface area contributed by atoms with Crippen molar-refractivity contribution in [2.24, 2.45) is 4.99 Å². The topological polar surface area (TPSA) is 156 Å². The molecule has 2 N–H and O–H groups in total. The van der Waals surface area contributed by atoms with Gasteiger partial charge in [-0.15, -0.1) is 0 Å². The number of benzene rings is 2. The molecular formula is C31H30ClN5O6. The summed E-state index contributed by atoms with van der Waals surface area (Å²) in [6, 6.07) is 12.5. The second-order valence-corrected chi connectivity index (χ2v) is 10.6. The van der Waals surface area contributed by atoms with Gasteiger partial charge in [0.05, 0.1) is 5.69 Å². The number of aromatic nitrogens is 4. The predicted molar refractivity (Wildman–Crippen MR) is 164 cm³/mol. The summed E-state index contributed by atoms with van der Waals surface area (Å²) in [5.41, 5.74) is 1.71. The van der Waals surface area contributed by atoms with Crippen LogP contribution in [0.4, 0.5) is 5.69 Å². The fourth-order valence-electron chi connectivity index (χ4n) is 4.31. The summed E-state index contributed by atoms with van der Waals surface area (Å²) in [5.74, 6) is -0.140. The molecule has 2 aromatic carbocycles. The van der Waals surface area contributed by atoms with E-state index in [0.29, 0.717) is 27.4 Å². The minimum Gasteiger partial charge on any atom is -0.300 e. The molecule has 0 aliphatic rings. The molecule has 0 radical (unpaired) electrons. The van der Waals surface area contributed by atoms with Crippen LogP contribution >= 0.6 is 11.6 Å². The van der Waals surface area contributed by atoms with Crippen LogP contribution in [-0.2, 0) is 35.5 Å². The van der Waals surface area contributed by atoms with Gasteiger partial charge in [-0.05, 0) is 48.7 Å². The van der Waals surface area contributed by atoms with Crippen LogP contribution in [0.1, 0.15) is 40.7 Å². The third-order valence-corrected chi connectivity index (χ3v) is 7.16. The second-order valence-electron chi connectivity index (χ2n) is 10.2. The fourth-order valence-corrected chi connectivity index (χ4v) is 4.57. The quantitative estimate of drug-likeness (QED) is 0.237. The van der Waals surface area contributed by atoms with E-state index in [1.807, 2.05) is 12.1 Å². The van der Waals surface area contributed by atoms with Crippen LogP contribution in [0.3, 0.4) is 0 Å². The van der Waals surface area contributed by atoms with Crippen molar-refractivity contribution in [3.63, 3.8) is 0 Å². The number of hydrogen-bond donors (Lipinski definition) is 2. The molecule has 222 valence electrons. The van der Waals surface area contributed by atoms with Crippen LogP contribution in [0.25, 0.3) is 0 Å². The zero-order chi connectivity index (χ0) is 31.1. The molecule has 0 unspecified atom stereocenters. The van der Waals surface area contributed by atoms with Gasteiger partial charge in [-0.2, -0.15) is 0 Å². The normalized spacial score (nSPS) is 11.2. The number of carbonyl (C=O) groups excluding carboxylic acids is 2. The fraction of sp³-hybridized carbons (Fsp3) is 0.258. The molecule has 11 nitrogen and oxygen atoms in total. The SMILES string of the molecule is Cc1cn(CCC(=O)Cc2ccc(N=Cc3ccc(CC(=O)CCn4cc(C)c(=O)[nH]c4=O)c(Cl)c3)cc2)c(=O)[nH]c1=O. The Morgan fingerprint density at radius 3 is 1.86 bits per heavy atom. The zero-order valence-corrected chi connectivity index (χ0v) is 24.4. The Morgan fingerprint density at radius 2 is 1.33 bits per heavy atom. The van der Waals surface area contributed by atoms with E-state index in [4.69, 9.17) is 11.6 Å². The molecule has 0 saturated heterocycles. The van der Waals surface area contributed by atoms with Crippen LogP contribution in [0.5, 0.6) is 0 Å².